The first-order chi connectivity index (χ1) is 15.8. The van der Waals surface area contributed by atoms with Gasteiger partial charge in [0.2, 0.25) is 5.78 Å². The number of Topliss-reactive ketones (excluding diaryl/α,β-unsaturated/α-hetero) is 1. The van der Waals surface area contributed by atoms with Crippen LogP contribution in [-0.4, -0.2) is 18.4 Å². The van der Waals surface area contributed by atoms with Gasteiger partial charge < -0.3 is 14.2 Å². The maximum Gasteiger partial charge on any atom is 0.343 e. The summed E-state index contributed by atoms with van der Waals surface area (Å²) in [6, 6.07) is 19.6. The van der Waals surface area contributed by atoms with E-state index < -0.39 is 5.97 Å². The number of hydrogen-bond acceptors (Lipinski definition) is 5. The van der Waals surface area contributed by atoms with Crippen LogP contribution in [0.25, 0.3) is 6.08 Å². The van der Waals surface area contributed by atoms with Gasteiger partial charge >= 0.3 is 5.97 Å². The van der Waals surface area contributed by atoms with Gasteiger partial charge in [0, 0.05) is 11.6 Å². The van der Waals surface area contributed by atoms with Crippen molar-refractivity contribution in [2.75, 3.05) is 6.61 Å². The zero-order valence-corrected chi connectivity index (χ0v) is 19.2. The Kier molecular flexibility index (Phi) is 6.05. The summed E-state index contributed by atoms with van der Waals surface area (Å²) in [5.41, 5.74) is 2.76. The van der Waals surface area contributed by atoms with Gasteiger partial charge in [-0.25, -0.2) is 4.79 Å². The lowest BCUT2D eigenvalue weighted by Crippen LogP contribution is -2.12. The van der Waals surface area contributed by atoms with Crippen LogP contribution in [0.2, 0.25) is 0 Å². The van der Waals surface area contributed by atoms with E-state index in [0.717, 1.165) is 11.1 Å². The molecule has 1 aliphatic heterocycles. The zero-order valence-electron chi connectivity index (χ0n) is 19.2. The molecule has 5 nitrogen and oxygen atoms in total. The third-order valence-corrected chi connectivity index (χ3v) is 5.34. The minimum atomic E-state index is -0.471. The Balaban J connectivity index is 1.52. The lowest BCUT2D eigenvalue weighted by atomic mass is 9.87. The highest BCUT2D eigenvalue weighted by Crippen LogP contribution is 2.36. The van der Waals surface area contributed by atoms with E-state index in [1.54, 1.807) is 36.4 Å². The molecule has 0 N–H and O–H groups in total. The predicted octanol–water partition coefficient (Wildman–Crippen LogP) is 6.22. The van der Waals surface area contributed by atoms with Crippen molar-refractivity contribution in [1.29, 1.82) is 0 Å². The van der Waals surface area contributed by atoms with Crippen LogP contribution in [-0.2, 0) is 5.41 Å². The van der Waals surface area contributed by atoms with E-state index in [0.29, 0.717) is 35.0 Å². The van der Waals surface area contributed by atoms with Gasteiger partial charge in [-0.2, -0.15) is 0 Å². The number of para-hydroxylation sites is 1. The molecule has 0 atom stereocenters. The van der Waals surface area contributed by atoms with Gasteiger partial charge in [-0.15, -0.1) is 0 Å². The molecule has 3 aromatic carbocycles. The van der Waals surface area contributed by atoms with Crippen molar-refractivity contribution in [2.45, 2.75) is 33.1 Å². The van der Waals surface area contributed by atoms with Gasteiger partial charge in [-0.3, -0.25) is 4.79 Å². The van der Waals surface area contributed by atoms with Crippen LogP contribution >= 0.6 is 0 Å². The molecule has 0 bridgehead atoms. The second kappa shape index (κ2) is 8.94. The minimum absolute atomic E-state index is 0.000693. The second-order valence-corrected chi connectivity index (χ2v) is 8.79. The van der Waals surface area contributed by atoms with E-state index in [1.807, 2.05) is 43.3 Å². The van der Waals surface area contributed by atoms with E-state index >= 15 is 0 Å². The first-order valence-corrected chi connectivity index (χ1v) is 10.9. The molecule has 0 aliphatic carbocycles. The quantitative estimate of drug-likeness (QED) is 0.267. The second-order valence-electron chi connectivity index (χ2n) is 8.79. The van der Waals surface area contributed by atoms with Crippen LogP contribution in [0.3, 0.4) is 0 Å². The van der Waals surface area contributed by atoms with E-state index in [-0.39, 0.29) is 17.0 Å². The number of carbonyl (C=O) groups is 2. The molecule has 0 amide bonds. The summed E-state index contributed by atoms with van der Waals surface area (Å²) in [4.78, 5) is 25.4. The molecule has 0 spiro atoms. The lowest BCUT2D eigenvalue weighted by Gasteiger charge is -2.18. The number of carbonyl (C=O) groups excluding carboxylic acids is 2. The van der Waals surface area contributed by atoms with Gasteiger partial charge in [0.05, 0.1) is 17.7 Å². The highest BCUT2D eigenvalue weighted by molar-refractivity contribution is 6.14. The molecule has 5 heteroatoms. The first-order valence-electron chi connectivity index (χ1n) is 10.9. The number of benzene rings is 3. The number of ketones is 1. The molecule has 1 aliphatic rings. The fourth-order valence-electron chi connectivity index (χ4n) is 3.53. The monoisotopic (exact) mass is 442 g/mol. The molecule has 0 fully saturated rings. The zero-order chi connectivity index (χ0) is 23.6. The molecule has 168 valence electrons. The minimum Gasteiger partial charge on any atom is -0.493 e. The van der Waals surface area contributed by atoms with Crippen molar-refractivity contribution < 1.29 is 23.8 Å². The van der Waals surface area contributed by atoms with E-state index in [4.69, 9.17) is 14.2 Å². The van der Waals surface area contributed by atoms with Gasteiger partial charge in [-0.1, -0.05) is 51.1 Å². The molecule has 0 saturated heterocycles. The Morgan fingerprint density at radius 2 is 1.73 bits per heavy atom. The Morgan fingerprint density at radius 3 is 2.42 bits per heavy atom. The highest BCUT2D eigenvalue weighted by atomic mass is 16.5. The molecule has 0 radical (unpaired) electrons. The van der Waals surface area contributed by atoms with Gasteiger partial charge in [0.15, 0.2) is 5.76 Å². The molecular weight excluding hydrogens is 416 g/mol. The number of rotatable bonds is 5. The van der Waals surface area contributed by atoms with Gasteiger partial charge in [0.25, 0.3) is 0 Å². The summed E-state index contributed by atoms with van der Waals surface area (Å²) in [5, 5.41) is 0. The van der Waals surface area contributed by atoms with Crippen LogP contribution in [0.1, 0.15) is 59.5 Å². The van der Waals surface area contributed by atoms with Crippen molar-refractivity contribution in [2.24, 2.45) is 0 Å². The Labute approximate surface area is 193 Å². The third-order valence-electron chi connectivity index (χ3n) is 5.34. The molecule has 3 aromatic rings. The molecule has 0 aromatic heterocycles. The molecule has 33 heavy (non-hydrogen) atoms. The average molecular weight is 443 g/mol. The fourth-order valence-corrected chi connectivity index (χ4v) is 3.53. The lowest BCUT2D eigenvalue weighted by molar-refractivity contribution is 0.0734. The summed E-state index contributed by atoms with van der Waals surface area (Å²) in [6.07, 6.45) is 1.66. The number of ether oxygens (including phenoxy) is 3. The summed E-state index contributed by atoms with van der Waals surface area (Å²) < 4.78 is 16.9. The summed E-state index contributed by atoms with van der Waals surface area (Å²) in [7, 11) is 0. The molecule has 0 unspecified atom stereocenters. The summed E-state index contributed by atoms with van der Waals surface area (Å²) in [5.74, 6) is 0.828. The maximum absolute atomic E-state index is 12.8. The van der Waals surface area contributed by atoms with Crippen molar-refractivity contribution in [1.82, 2.24) is 0 Å². The van der Waals surface area contributed by atoms with Gasteiger partial charge in [0.1, 0.15) is 17.2 Å². The Hall–Kier alpha value is -3.86. The van der Waals surface area contributed by atoms with E-state index in [9.17, 15) is 9.59 Å². The van der Waals surface area contributed by atoms with Crippen LogP contribution in [0.15, 0.2) is 72.5 Å². The summed E-state index contributed by atoms with van der Waals surface area (Å²) in [6.45, 7) is 8.76. The number of esters is 1. The Bertz CT molecular complexity index is 1230. The molecular formula is C28H26O5. The maximum atomic E-state index is 12.8. The van der Waals surface area contributed by atoms with Crippen LogP contribution < -0.4 is 14.2 Å². The van der Waals surface area contributed by atoms with E-state index in [1.165, 1.54) is 0 Å². The molecule has 1 heterocycles. The van der Waals surface area contributed by atoms with Crippen molar-refractivity contribution in [3.63, 3.8) is 0 Å². The Morgan fingerprint density at radius 1 is 1.00 bits per heavy atom. The van der Waals surface area contributed by atoms with Crippen LogP contribution in [0.4, 0.5) is 0 Å². The normalized spacial score (nSPS) is 14.1. The standard InChI is InChI=1S/C28H26O5/c1-5-31-23-9-7-6-8-19(23)16-25-26(29)22-15-14-21(17-24(22)33-25)32-27(30)18-10-12-20(13-11-18)28(2,3)4/h6-17H,5H2,1-4H3/b25-16-. The number of allylic oxidation sites excluding steroid dienone is 1. The van der Waals surface area contributed by atoms with Crippen molar-refractivity contribution >= 4 is 17.8 Å². The topological polar surface area (TPSA) is 61.8 Å². The largest absolute Gasteiger partial charge is 0.493 e. The number of hydrogen-bond donors (Lipinski definition) is 0. The SMILES string of the molecule is CCOc1ccccc1/C=C1\Oc2cc(OC(=O)c3ccc(C(C)(C)C)cc3)ccc2C1=O. The average Bonchev–Trinajstić information content (AvgIpc) is 3.09. The fraction of sp³-hybridized carbons (Fsp3) is 0.214. The molecule has 0 saturated carbocycles. The van der Waals surface area contributed by atoms with Crippen molar-refractivity contribution in [3.8, 4) is 17.2 Å². The third kappa shape index (κ3) is 4.82. The van der Waals surface area contributed by atoms with Crippen molar-refractivity contribution in [3.05, 3.63) is 94.7 Å². The van der Waals surface area contributed by atoms with Crippen LogP contribution in [0, 0.1) is 0 Å². The van der Waals surface area contributed by atoms with E-state index in [2.05, 4.69) is 20.8 Å². The van der Waals surface area contributed by atoms with Gasteiger partial charge in [-0.05, 0) is 54.3 Å². The smallest absolute Gasteiger partial charge is 0.343 e. The summed E-state index contributed by atoms with van der Waals surface area (Å²) >= 11 is 0. The van der Waals surface area contributed by atoms with Crippen LogP contribution in [0.5, 0.6) is 17.2 Å². The number of fused-ring (bicyclic) bond motifs is 1. The first kappa shape index (κ1) is 22.3. The molecule has 4 rings (SSSR count). The highest BCUT2D eigenvalue weighted by Gasteiger charge is 2.28. The predicted molar refractivity (Wildman–Crippen MR) is 127 cm³/mol.